The minimum atomic E-state index is -1.93. The van der Waals surface area contributed by atoms with Gasteiger partial charge in [0.25, 0.3) is 0 Å². The van der Waals surface area contributed by atoms with Gasteiger partial charge in [-0.25, -0.2) is 4.21 Å². The summed E-state index contributed by atoms with van der Waals surface area (Å²) in [4.78, 5) is 0.442. The number of ether oxygens (including phenoxy) is 1. The number of methoxy groups -OCH3 is 1. The average molecular weight is 419 g/mol. The van der Waals surface area contributed by atoms with E-state index in [1.165, 1.54) is 29.6 Å². The second kappa shape index (κ2) is 6.38. The first-order valence-electron chi connectivity index (χ1n) is 8.29. The molecule has 25 heavy (non-hydrogen) atoms. The summed E-state index contributed by atoms with van der Waals surface area (Å²) in [6.45, 7) is 0. The molecule has 0 amide bonds. The van der Waals surface area contributed by atoms with Crippen molar-refractivity contribution in [2.45, 2.75) is 30.6 Å². The van der Waals surface area contributed by atoms with Crippen molar-refractivity contribution in [2.24, 2.45) is 5.41 Å². The molecule has 1 N–H and O–H groups in total. The van der Waals surface area contributed by atoms with Gasteiger partial charge in [-0.1, -0.05) is 18.2 Å². The van der Waals surface area contributed by atoms with Crippen LogP contribution in [0, 0.1) is 5.41 Å². The van der Waals surface area contributed by atoms with Gasteiger partial charge in [0.2, 0.25) is 0 Å². The number of benzene rings is 2. The van der Waals surface area contributed by atoms with Crippen LogP contribution in [0.1, 0.15) is 36.8 Å². The van der Waals surface area contributed by atoms with Gasteiger partial charge in [-0.05, 0) is 93.6 Å². The molecule has 1 atom stereocenters. The SMILES string of the molecule is COc1ccc(C2=C(c3ccc(S(=O)O)cc3)CC3(CC3)C2)cc1Br. The Morgan fingerprint density at radius 2 is 1.64 bits per heavy atom. The fourth-order valence-electron chi connectivity index (χ4n) is 3.74. The molecular weight excluding hydrogens is 400 g/mol. The van der Waals surface area contributed by atoms with Crippen LogP contribution in [0.3, 0.4) is 0 Å². The summed E-state index contributed by atoms with van der Waals surface area (Å²) in [5, 5.41) is 0. The zero-order chi connectivity index (χ0) is 17.6. The molecule has 0 saturated heterocycles. The molecule has 4 rings (SSSR count). The maximum absolute atomic E-state index is 11.2. The van der Waals surface area contributed by atoms with Crippen LogP contribution in [0.5, 0.6) is 5.75 Å². The Morgan fingerprint density at radius 3 is 2.16 bits per heavy atom. The smallest absolute Gasteiger partial charge is 0.186 e. The molecule has 2 aliphatic carbocycles. The Morgan fingerprint density at radius 1 is 1.04 bits per heavy atom. The lowest BCUT2D eigenvalue weighted by Gasteiger charge is -2.11. The molecule has 2 aliphatic rings. The maximum Gasteiger partial charge on any atom is 0.186 e. The van der Waals surface area contributed by atoms with E-state index >= 15 is 0 Å². The van der Waals surface area contributed by atoms with E-state index in [2.05, 4.69) is 28.1 Å². The highest BCUT2D eigenvalue weighted by molar-refractivity contribution is 9.10. The van der Waals surface area contributed by atoms with E-state index in [0.29, 0.717) is 10.3 Å². The Kier molecular flexibility index (Phi) is 4.34. The van der Waals surface area contributed by atoms with Gasteiger partial charge in [0.1, 0.15) is 5.75 Å². The van der Waals surface area contributed by atoms with Crippen LogP contribution in [0.15, 0.2) is 51.8 Å². The average Bonchev–Trinajstić information content (AvgIpc) is 3.25. The number of allylic oxidation sites excluding steroid dienone is 2. The van der Waals surface area contributed by atoms with Gasteiger partial charge in [0.05, 0.1) is 16.5 Å². The van der Waals surface area contributed by atoms with Crippen molar-refractivity contribution in [1.82, 2.24) is 0 Å². The van der Waals surface area contributed by atoms with Gasteiger partial charge in [-0.2, -0.15) is 0 Å². The Labute approximate surface area is 158 Å². The second-order valence-electron chi connectivity index (χ2n) is 6.93. The lowest BCUT2D eigenvalue weighted by molar-refractivity contribution is 0.412. The molecule has 0 aromatic heterocycles. The summed E-state index contributed by atoms with van der Waals surface area (Å²) in [6.07, 6.45) is 4.77. The van der Waals surface area contributed by atoms with Crippen molar-refractivity contribution in [3.05, 3.63) is 58.1 Å². The van der Waals surface area contributed by atoms with Gasteiger partial charge in [0, 0.05) is 0 Å². The van der Waals surface area contributed by atoms with Crippen LogP contribution in [-0.2, 0) is 11.1 Å². The zero-order valence-electron chi connectivity index (χ0n) is 13.9. The maximum atomic E-state index is 11.2. The Bertz CT molecular complexity index is 882. The minimum absolute atomic E-state index is 0.440. The molecule has 0 heterocycles. The fourth-order valence-corrected chi connectivity index (χ4v) is 4.65. The fraction of sp³-hybridized carbons (Fsp3) is 0.300. The molecule has 1 unspecified atom stereocenters. The summed E-state index contributed by atoms with van der Waals surface area (Å²) < 4.78 is 26.7. The van der Waals surface area contributed by atoms with Crippen LogP contribution in [0.25, 0.3) is 11.1 Å². The van der Waals surface area contributed by atoms with Crippen molar-refractivity contribution in [3.8, 4) is 5.75 Å². The van der Waals surface area contributed by atoms with Crippen molar-refractivity contribution >= 4 is 38.2 Å². The third kappa shape index (κ3) is 3.21. The van der Waals surface area contributed by atoms with Gasteiger partial charge in [0.15, 0.2) is 11.1 Å². The molecule has 2 aromatic carbocycles. The second-order valence-corrected chi connectivity index (χ2v) is 8.76. The predicted octanol–water partition coefficient (Wildman–Crippen LogP) is 5.52. The number of hydrogen-bond donors (Lipinski definition) is 1. The van der Waals surface area contributed by atoms with E-state index in [1.807, 2.05) is 18.2 Å². The molecule has 0 aliphatic heterocycles. The molecule has 5 heteroatoms. The molecular formula is C20H19BrO3S. The standard InChI is InChI=1S/C20H19BrO3S/c1-24-19-7-4-14(10-18(19)21)17-12-20(8-9-20)11-16(17)13-2-5-15(6-3-13)25(22)23/h2-7,10H,8-9,11-12H2,1H3,(H,22,23). The molecule has 1 spiro atoms. The van der Waals surface area contributed by atoms with E-state index in [4.69, 9.17) is 4.74 Å². The van der Waals surface area contributed by atoms with Crippen LogP contribution in [0.2, 0.25) is 0 Å². The third-order valence-corrected chi connectivity index (χ3v) is 6.62. The predicted molar refractivity (Wildman–Crippen MR) is 104 cm³/mol. The minimum Gasteiger partial charge on any atom is -0.496 e. The molecule has 1 fully saturated rings. The van der Waals surface area contributed by atoms with E-state index < -0.39 is 11.1 Å². The first-order chi connectivity index (χ1) is 12.0. The van der Waals surface area contributed by atoms with E-state index in [-0.39, 0.29) is 0 Å². The largest absolute Gasteiger partial charge is 0.496 e. The summed E-state index contributed by atoms with van der Waals surface area (Å²) >= 11 is 1.66. The molecule has 0 bridgehead atoms. The molecule has 2 aromatic rings. The highest BCUT2D eigenvalue weighted by atomic mass is 79.9. The van der Waals surface area contributed by atoms with Crippen LogP contribution in [-0.4, -0.2) is 15.9 Å². The monoisotopic (exact) mass is 418 g/mol. The number of rotatable bonds is 4. The molecule has 130 valence electrons. The summed E-state index contributed by atoms with van der Waals surface area (Å²) in [7, 11) is 1.67. The van der Waals surface area contributed by atoms with E-state index in [0.717, 1.165) is 28.6 Å². The normalized spacial score (nSPS) is 19.3. The van der Waals surface area contributed by atoms with Crippen LogP contribution < -0.4 is 4.74 Å². The van der Waals surface area contributed by atoms with Crippen molar-refractivity contribution in [1.29, 1.82) is 0 Å². The Hall–Kier alpha value is -1.43. The first-order valence-corrected chi connectivity index (χ1v) is 10.2. The number of halogens is 1. The van der Waals surface area contributed by atoms with E-state index in [9.17, 15) is 8.76 Å². The topological polar surface area (TPSA) is 46.5 Å². The van der Waals surface area contributed by atoms with Gasteiger partial charge >= 0.3 is 0 Å². The molecule has 3 nitrogen and oxygen atoms in total. The number of hydrogen-bond acceptors (Lipinski definition) is 2. The van der Waals surface area contributed by atoms with Crippen LogP contribution >= 0.6 is 15.9 Å². The quantitative estimate of drug-likeness (QED) is 0.664. The highest BCUT2D eigenvalue weighted by Gasteiger charge is 2.48. The summed E-state index contributed by atoms with van der Waals surface area (Å²) in [6, 6.07) is 13.7. The zero-order valence-corrected chi connectivity index (χ0v) is 16.3. The summed E-state index contributed by atoms with van der Waals surface area (Å²) in [5.41, 5.74) is 5.57. The van der Waals surface area contributed by atoms with Crippen molar-refractivity contribution in [2.75, 3.05) is 7.11 Å². The summed E-state index contributed by atoms with van der Waals surface area (Å²) in [5.74, 6) is 0.833. The van der Waals surface area contributed by atoms with Crippen LogP contribution in [0.4, 0.5) is 0 Å². The lowest BCUT2D eigenvalue weighted by atomic mass is 9.97. The highest BCUT2D eigenvalue weighted by Crippen LogP contribution is 2.63. The molecule has 1 saturated carbocycles. The van der Waals surface area contributed by atoms with Crippen molar-refractivity contribution in [3.63, 3.8) is 0 Å². The van der Waals surface area contributed by atoms with E-state index in [1.54, 1.807) is 19.2 Å². The van der Waals surface area contributed by atoms with Crippen molar-refractivity contribution < 1.29 is 13.5 Å². The Balaban J connectivity index is 1.77. The third-order valence-electron chi connectivity index (χ3n) is 5.33. The lowest BCUT2D eigenvalue weighted by Crippen LogP contribution is -1.93. The first kappa shape index (κ1) is 17.0. The van der Waals surface area contributed by atoms with Gasteiger partial charge in [-0.15, -0.1) is 0 Å². The molecule has 0 radical (unpaired) electrons. The van der Waals surface area contributed by atoms with Gasteiger partial charge < -0.3 is 9.29 Å². The van der Waals surface area contributed by atoms with Gasteiger partial charge in [-0.3, -0.25) is 0 Å².